The van der Waals surface area contributed by atoms with Crippen molar-refractivity contribution in [1.29, 1.82) is 0 Å². The fraction of sp³-hybridized carbons (Fsp3) is 0.529. The molecule has 6 nitrogen and oxygen atoms in total. The molecule has 24 heavy (non-hydrogen) atoms. The van der Waals surface area contributed by atoms with Crippen LogP contribution in [0.4, 0.5) is 5.95 Å². The largest absolute Gasteiger partial charge is 0.341 e. The summed E-state index contributed by atoms with van der Waals surface area (Å²) in [6.07, 6.45) is 11.9. The first-order chi connectivity index (χ1) is 11.8. The minimum absolute atomic E-state index is 0.452. The van der Waals surface area contributed by atoms with Gasteiger partial charge in [0.15, 0.2) is 0 Å². The zero-order chi connectivity index (χ0) is 16.4. The number of aromatic nitrogens is 4. The average Bonchev–Trinajstić information content (AvgIpc) is 3.47. The third-order valence-electron chi connectivity index (χ3n) is 4.80. The predicted octanol–water partition coefficient (Wildman–Crippen LogP) is 2.55. The topological polar surface area (TPSA) is 58.0 Å². The molecule has 0 unspecified atom stereocenters. The van der Waals surface area contributed by atoms with Crippen molar-refractivity contribution in [3.05, 3.63) is 41.7 Å². The van der Waals surface area contributed by atoms with E-state index in [-0.39, 0.29) is 0 Å². The quantitative estimate of drug-likeness (QED) is 0.830. The number of piperidine rings is 1. The average molecular weight is 345 g/mol. The Kier molecular flexibility index (Phi) is 4.58. The van der Waals surface area contributed by atoms with Gasteiger partial charge in [-0.2, -0.15) is 0 Å². The normalized spacial score (nSPS) is 19.0. The zero-order valence-electron chi connectivity index (χ0n) is 13.6. The van der Waals surface area contributed by atoms with Gasteiger partial charge in [-0.3, -0.25) is 9.88 Å². The molecule has 0 aromatic carbocycles. The highest BCUT2D eigenvalue weighted by atomic mass is 35.5. The van der Waals surface area contributed by atoms with E-state index >= 15 is 0 Å². The SMILES string of the molecule is Clc1cnc(CN(C2CC2)C2CCN(c3ncccn3)CC2)cn1. The van der Waals surface area contributed by atoms with Crippen molar-refractivity contribution in [1.82, 2.24) is 24.8 Å². The fourth-order valence-electron chi connectivity index (χ4n) is 3.42. The molecule has 2 aromatic rings. The van der Waals surface area contributed by atoms with E-state index in [0.29, 0.717) is 17.2 Å². The molecule has 0 spiro atoms. The second kappa shape index (κ2) is 6.99. The van der Waals surface area contributed by atoms with E-state index < -0.39 is 0 Å². The molecule has 3 heterocycles. The Labute approximate surface area is 146 Å². The van der Waals surface area contributed by atoms with E-state index in [2.05, 4.69) is 29.7 Å². The Balaban J connectivity index is 1.39. The number of anilines is 1. The molecule has 4 rings (SSSR count). The predicted molar refractivity (Wildman–Crippen MR) is 92.9 cm³/mol. The van der Waals surface area contributed by atoms with Gasteiger partial charge in [0.2, 0.25) is 5.95 Å². The lowest BCUT2D eigenvalue weighted by Crippen LogP contribution is -2.46. The van der Waals surface area contributed by atoms with Gasteiger partial charge in [0, 0.05) is 44.1 Å². The van der Waals surface area contributed by atoms with Crippen molar-refractivity contribution in [3.8, 4) is 0 Å². The molecule has 1 aliphatic carbocycles. The van der Waals surface area contributed by atoms with Crippen molar-refractivity contribution in [2.45, 2.75) is 44.3 Å². The summed E-state index contributed by atoms with van der Waals surface area (Å²) >= 11 is 5.84. The molecule has 1 saturated carbocycles. The van der Waals surface area contributed by atoms with Crippen molar-refractivity contribution in [3.63, 3.8) is 0 Å². The van der Waals surface area contributed by atoms with Gasteiger partial charge in [-0.05, 0) is 31.7 Å². The van der Waals surface area contributed by atoms with Crippen LogP contribution in [0.5, 0.6) is 0 Å². The van der Waals surface area contributed by atoms with Crippen molar-refractivity contribution in [2.75, 3.05) is 18.0 Å². The highest BCUT2D eigenvalue weighted by molar-refractivity contribution is 6.29. The molecule has 0 radical (unpaired) electrons. The van der Waals surface area contributed by atoms with E-state index in [0.717, 1.165) is 44.1 Å². The lowest BCUT2D eigenvalue weighted by molar-refractivity contribution is 0.149. The molecular weight excluding hydrogens is 324 g/mol. The highest BCUT2D eigenvalue weighted by Gasteiger charge is 2.36. The molecular formula is C17H21ClN6. The molecule has 2 aliphatic rings. The first-order valence-corrected chi connectivity index (χ1v) is 8.91. The monoisotopic (exact) mass is 344 g/mol. The van der Waals surface area contributed by atoms with Crippen molar-refractivity contribution >= 4 is 17.5 Å². The molecule has 1 aliphatic heterocycles. The maximum Gasteiger partial charge on any atom is 0.225 e. The summed E-state index contributed by atoms with van der Waals surface area (Å²) in [5.74, 6) is 0.845. The van der Waals surface area contributed by atoms with Crippen LogP contribution < -0.4 is 4.90 Å². The molecule has 0 amide bonds. The number of nitrogens with zero attached hydrogens (tertiary/aromatic N) is 6. The summed E-state index contributed by atoms with van der Waals surface area (Å²) in [7, 11) is 0. The van der Waals surface area contributed by atoms with Crippen molar-refractivity contribution in [2.24, 2.45) is 0 Å². The Hall–Kier alpha value is -1.79. The second-order valence-corrected chi connectivity index (χ2v) is 6.89. The van der Waals surface area contributed by atoms with Gasteiger partial charge in [-0.1, -0.05) is 11.6 Å². The Morgan fingerprint density at radius 1 is 0.958 bits per heavy atom. The molecule has 0 N–H and O–H groups in total. The first kappa shape index (κ1) is 15.7. The first-order valence-electron chi connectivity index (χ1n) is 8.54. The third kappa shape index (κ3) is 3.65. The second-order valence-electron chi connectivity index (χ2n) is 6.50. The maximum absolute atomic E-state index is 5.84. The number of hydrogen-bond donors (Lipinski definition) is 0. The van der Waals surface area contributed by atoms with Gasteiger partial charge in [0.05, 0.1) is 18.1 Å². The molecule has 2 aromatic heterocycles. The van der Waals surface area contributed by atoms with Gasteiger partial charge >= 0.3 is 0 Å². The van der Waals surface area contributed by atoms with Crippen LogP contribution in [-0.2, 0) is 6.54 Å². The van der Waals surface area contributed by atoms with Crippen molar-refractivity contribution < 1.29 is 0 Å². The fourth-order valence-corrected chi connectivity index (χ4v) is 3.52. The Bertz CT molecular complexity index is 653. The highest BCUT2D eigenvalue weighted by Crippen LogP contribution is 2.33. The lowest BCUT2D eigenvalue weighted by atomic mass is 10.0. The van der Waals surface area contributed by atoms with E-state index in [4.69, 9.17) is 11.6 Å². The standard InChI is InChI=1S/C17H21ClN6/c18-16-11-21-13(10-22-16)12-24(14-2-3-14)15-4-8-23(9-5-15)17-19-6-1-7-20-17/h1,6-7,10-11,14-15H,2-5,8-9,12H2. The van der Waals surface area contributed by atoms with Crippen LogP contribution in [0.1, 0.15) is 31.4 Å². The van der Waals surface area contributed by atoms with E-state index in [1.54, 1.807) is 12.4 Å². The maximum atomic E-state index is 5.84. The molecule has 0 bridgehead atoms. The Morgan fingerprint density at radius 2 is 1.67 bits per heavy atom. The van der Waals surface area contributed by atoms with Crippen LogP contribution in [0, 0.1) is 0 Å². The molecule has 126 valence electrons. The van der Waals surface area contributed by atoms with E-state index in [1.165, 1.54) is 12.8 Å². The van der Waals surface area contributed by atoms with Crippen LogP contribution in [0.2, 0.25) is 5.15 Å². The Morgan fingerprint density at radius 3 is 2.29 bits per heavy atom. The smallest absolute Gasteiger partial charge is 0.225 e. The van der Waals surface area contributed by atoms with E-state index in [9.17, 15) is 0 Å². The summed E-state index contributed by atoms with van der Waals surface area (Å²) in [5.41, 5.74) is 1.00. The van der Waals surface area contributed by atoms with Crippen LogP contribution in [0.3, 0.4) is 0 Å². The summed E-state index contributed by atoms with van der Waals surface area (Å²) in [5, 5.41) is 0.452. The minimum atomic E-state index is 0.452. The summed E-state index contributed by atoms with van der Waals surface area (Å²) in [6, 6.07) is 3.15. The van der Waals surface area contributed by atoms with Gasteiger partial charge < -0.3 is 4.90 Å². The summed E-state index contributed by atoms with van der Waals surface area (Å²) in [6.45, 7) is 2.87. The van der Waals surface area contributed by atoms with Crippen LogP contribution >= 0.6 is 11.6 Å². The third-order valence-corrected chi connectivity index (χ3v) is 5.00. The zero-order valence-corrected chi connectivity index (χ0v) is 14.3. The summed E-state index contributed by atoms with van der Waals surface area (Å²) in [4.78, 5) is 22.2. The number of hydrogen-bond acceptors (Lipinski definition) is 6. The molecule has 1 saturated heterocycles. The van der Waals surface area contributed by atoms with Gasteiger partial charge in [0.1, 0.15) is 5.15 Å². The number of rotatable bonds is 5. The molecule has 2 fully saturated rings. The molecule has 7 heteroatoms. The van der Waals surface area contributed by atoms with Crippen LogP contribution in [0.25, 0.3) is 0 Å². The van der Waals surface area contributed by atoms with E-state index in [1.807, 2.05) is 18.5 Å². The van der Waals surface area contributed by atoms with Gasteiger partial charge in [0.25, 0.3) is 0 Å². The number of halogens is 1. The minimum Gasteiger partial charge on any atom is -0.341 e. The van der Waals surface area contributed by atoms with Crippen LogP contribution in [0.15, 0.2) is 30.9 Å². The van der Waals surface area contributed by atoms with Gasteiger partial charge in [-0.25, -0.2) is 15.0 Å². The lowest BCUT2D eigenvalue weighted by Gasteiger charge is -2.38. The molecule has 0 atom stereocenters. The van der Waals surface area contributed by atoms with Crippen LogP contribution in [-0.4, -0.2) is 50.0 Å². The summed E-state index contributed by atoms with van der Waals surface area (Å²) < 4.78 is 0. The van der Waals surface area contributed by atoms with Gasteiger partial charge in [-0.15, -0.1) is 0 Å².